The number of aryl methyl sites for hydroxylation is 2. The number of halogens is 2. The standard InChI is InChI=1S/C18H19F2NO3/c1-11-7-8-16(13(9-11)17(19)20)24-10-14-12(2)5-4-6-15(14)21-18(22)23-3/h4-9,17H,10H2,1-3H3,(H,21,22). The molecule has 0 spiro atoms. The van der Waals surface area contributed by atoms with Gasteiger partial charge in [0.15, 0.2) is 0 Å². The predicted molar refractivity (Wildman–Crippen MR) is 87.7 cm³/mol. The van der Waals surface area contributed by atoms with Gasteiger partial charge >= 0.3 is 6.09 Å². The molecule has 2 aromatic carbocycles. The molecular weight excluding hydrogens is 316 g/mol. The Morgan fingerprint density at radius 3 is 2.62 bits per heavy atom. The van der Waals surface area contributed by atoms with Crippen molar-refractivity contribution in [1.82, 2.24) is 0 Å². The Hall–Kier alpha value is -2.63. The van der Waals surface area contributed by atoms with Gasteiger partial charge in [-0.2, -0.15) is 0 Å². The normalized spacial score (nSPS) is 10.6. The van der Waals surface area contributed by atoms with E-state index < -0.39 is 12.5 Å². The maximum atomic E-state index is 13.2. The Labute approximate surface area is 139 Å². The van der Waals surface area contributed by atoms with Crippen molar-refractivity contribution in [3.8, 4) is 5.75 Å². The summed E-state index contributed by atoms with van der Waals surface area (Å²) >= 11 is 0. The molecule has 0 heterocycles. The van der Waals surface area contributed by atoms with Crippen LogP contribution in [0.25, 0.3) is 0 Å². The third-order valence-corrected chi connectivity index (χ3v) is 3.60. The van der Waals surface area contributed by atoms with Crippen LogP contribution in [-0.2, 0) is 11.3 Å². The molecule has 1 N–H and O–H groups in total. The van der Waals surface area contributed by atoms with Crippen molar-refractivity contribution >= 4 is 11.8 Å². The molecule has 2 rings (SSSR count). The van der Waals surface area contributed by atoms with Crippen LogP contribution in [0, 0.1) is 13.8 Å². The van der Waals surface area contributed by atoms with Crippen LogP contribution in [0.1, 0.15) is 28.7 Å². The number of carbonyl (C=O) groups is 1. The number of alkyl halides is 2. The Morgan fingerprint density at radius 2 is 1.96 bits per heavy atom. The number of nitrogens with one attached hydrogen (secondary N) is 1. The Morgan fingerprint density at radius 1 is 1.21 bits per heavy atom. The molecule has 24 heavy (non-hydrogen) atoms. The first kappa shape index (κ1) is 17.7. The summed E-state index contributed by atoms with van der Waals surface area (Å²) in [5, 5.41) is 2.59. The van der Waals surface area contributed by atoms with Crippen molar-refractivity contribution in [3.63, 3.8) is 0 Å². The molecule has 0 aliphatic rings. The molecule has 128 valence electrons. The van der Waals surface area contributed by atoms with Crippen LogP contribution in [0.3, 0.4) is 0 Å². The molecule has 0 bridgehead atoms. The van der Waals surface area contributed by atoms with E-state index in [9.17, 15) is 13.6 Å². The zero-order valence-corrected chi connectivity index (χ0v) is 13.7. The molecule has 6 heteroatoms. The number of methoxy groups -OCH3 is 1. The maximum Gasteiger partial charge on any atom is 0.411 e. The van der Waals surface area contributed by atoms with E-state index in [1.807, 2.05) is 13.0 Å². The summed E-state index contributed by atoms with van der Waals surface area (Å²) in [6.07, 6.45) is -3.23. The fourth-order valence-electron chi connectivity index (χ4n) is 2.29. The van der Waals surface area contributed by atoms with Crippen LogP contribution >= 0.6 is 0 Å². The van der Waals surface area contributed by atoms with Crippen molar-refractivity contribution in [3.05, 3.63) is 58.7 Å². The average Bonchev–Trinajstić information content (AvgIpc) is 2.55. The summed E-state index contributed by atoms with van der Waals surface area (Å²) in [5.41, 5.74) is 2.68. The third-order valence-electron chi connectivity index (χ3n) is 3.60. The first-order valence-electron chi connectivity index (χ1n) is 7.37. The summed E-state index contributed by atoms with van der Waals surface area (Å²) in [6.45, 7) is 3.65. The van der Waals surface area contributed by atoms with Crippen LogP contribution in [0.5, 0.6) is 5.75 Å². The van der Waals surface area contributed by atoms with E-state index in [-0.39, 0.29) is 17.9 Å². The fourth-order valence-corrected chi connectivity index (χ4v) is 2.29. The van der Waals surface area contributed by atoms with E-state index in [0.29, 0.717) is 11.3 Å². The number of hydrogen-bond acceptors (Lipinski definition) is 3. The van der Waals surface area contributed by atoms with Gasteiger partial charge in [0.2, 0.25) is 0 Å². The number of benzene rings is 2. The molecule has 4 nitrogen and oxygen atoms in total. The molecule has 0 radical (unpaired) electrons. The van der Waals surface area contributed by atoms with Crippen LogP contribution in [0.2, 0.25) is 0 Å². The number of hydrogen-bond donors (Lipinski definition) is 1. The second-order valence-electron chi connectivity index (χ2n) is 5.35. The quantitative estimate of drug-likeness (QED) is 0.836. The summed E-state index contributed by atoms with van der Waals surface area (Å²) in [6, 6.07) is 9.98. The monoisotopic (exact) mass is 335 g/mol. The smallest absolute Gasteiger partial charge is 0.411 e. The van der Waals surface area contributed by atoms with E-state index in [4.69, 9.17) is 4.74 Å². The molecule has 0 saturated carbocycles. The number of rotatable bonds is 5. The van der Waals surface area contributed by atoms with Gasteiger partial charge in [-0.15, -0.1) is 0 Å². The lowest BCUT2D eigenvalue weighted by molar-refractivity contribution is 0.144. The number of carbonyl (C=O) groups excluding carboxylic acids is 1. The van der Waals surface area contributed by atoms with Crippen molar-refractivity contribution in [1.29, 1.82) is 0 Å². The summed E-state index contributed by atoms with van der Waals surface area (Å²) in [4.78, 5) is 11.4. The summed E-state index contributed by atoms with van der Waals surface area (Å²) < 4.78 is 36.5. The van der Waals surface area contributed by atoms with Gasteiger partial charge in [-0.3, -0.25) is 5.32 Å². The van der Waals surface area contributed by atoms with Gasteiger partial charge in [0.1, 0.15) is 12.4 Å². The van der Waals surface area contributed by atoms with E-state index in [1.54, 1.807) is 25.1 Å². The number of ether oxygens (including phenoxy) is 2. The molecule has 0 fully saturated rings. The van der Waals surface area contributed by atoms with Gasteiger partial charge in [0, 0.05) is 5.56 Å². The van der Waals surface area contributed by atoms with Gasteiger partial charge in [-0.05, 0) is 37.6 Å². The van der Waals surface area contributed by atoms with E-state index >= 15 is 0 Å². The maximum absolute atomic E-state index is 13.2. The number of amides is 1. The van der Waals surface area contributed by atoms with Gasteiger partial charge in [0.25, 0.3) is 6.43 Å². The fraction of sp³-hybridized carbons (Fsp3) is 0.278. The minimum atomic E-state index is -2.62. The predicted octanol–water partition coefficient (Wildman–Crippen LogP) is 5.00. The third kappa shape index (κ3) is 4.22. The van der Waals surface area contributed by atoms with Crippen LogP contribution < -0.4 is 10.1 Å². The second-order valence-corrected chi connectivity index (χ2v) is 5.35. The van der Waals surface area contributed by atoms with Gasteiger partial charge in [-0.1, -0.05) is 23.8 Å². The topological polar surface area (TPSA) is 47.6 Å². The summed E-state index contributed by atoms with van der Waals surface area (Å²) in [5.74, 6) is 0.128. The van der Waals surface area contributed by atoms with Gasteiger partial charge in [0.05, 0.1) is 18.4 Å². The molecule has 2 aromatic rings. The molecule has 1 amide bonds. The highest BCUT2D eigenvalue weighted by Crippen LogP contribution is 2.31. The van der Waals surface area contributed by atoms with Crippen molar-refractivity contribution in [2.24, 2.45) is 0 Å². The lowest BCUT2D eigenvalue weighted by Gasteiger charge is -2.16. The minimum Gasteiger partial charge on any atom is -0.488 e. The zero-order valence-electron chi connectivity index (χ0n) is 13.7. The Balaban J connectivity index is 2.25. The van der Waals surface area contributed by atoms with Crippen molar-refractivity contribution in [2.45, 2.75) is 26.9 Å². The zero-order chi connectivity index (χ0) is 17.7. The molecule has 0 saturated heterocycles. The van der Waals surface area contributed by atoms with Crippen molar-refractivity contribution < 1.29 is 23.0 Å². The molecule has 0 aliphatic carbocycles. The average molecular weight is 335 g/mol. The molecule has 0 aliphatic heterocycles. The van der Waals surface area contributed by atoms with Gasteiger partial charge < -0.3 is 9.47 Å². The van der Waals surface area contributed by atoms with E-state index in [1.165, 1.54) is 19.2 Å². The first-order chi connectivity index (χ1) is 11.4. The lowest BCUT2D eigenvalue weighted by Crippen LogP contribution is -2.14. The lowest BCUT2D eigenvalue weighted by atomic mass is 10.1. The Kier molecular flexibility index (Phi) is 5.73. The highest BCUT2D eigenvalue weighted by atomic mass is 19.3. The SMILES string of the molecule is COC(=O)Nc1cccc(C)c1COc1ccc(C)cc1C(F)F. The molecule has 0 unspecified atom stereocenters. The summed E-state index contributed by atoms with van der Waals surface area (Å²) in [7, 11) is 1.27. The highest BCUT2D eigenvalue weighted by Gasteiger charge is 2.16. The number of anilines is 1. The molecule has 0 aromatic heterocycles. The first-order valence-corrected chi connectivity index (χ1v) is 7.37. The largest absolute Gasteiger partial charge is 0.488 e. The van der Waals surface area contributed by atoms with Gasteiger partial charge in [-0.25, -0.2) is 13.6 Å². The molecule has 0 atom stereocenters. The highest BCUT2D eigenvalue weighted by molar-refractivity contribution is 5.85. The Bertz CT molecular complexity index is 732. The van der Waals surface area contributed by atoms with Crippen LogP contribution in [0.4, 0.5) is 19.3 Å². The second kappa shape index (κ2) is 7.77. The van der Waals surface area contributed by atoms with Crippen molar-refractivity contribution in [2.75, 3.05) is 12.4 Å². The van der Waals surface area contributed by atoms with Crippen LogP contribution in [0.15, 0.2) is 36.4 Å². The van der Waals surface area contributed by atoms with E-state index in [0.717, 1.165) is 11.1 Å². The van der Waals surface area contributed by atoms with E-state index in [2.05, 4.69) is 10.1 Å². The molecular formula is C18H19F2NO3. The minimum absolute atomic E-state index is 0.0504. The van der Waals surface area contributed by atoms with Crippen LogP contribution in [-0.4, -0.2) is 13.2 Å².